The predicted molar refractivity (Wildman–Crippen MR) is 52.5 cm³/mol. The summed E-state index contributed by atoms with van der Waals surface area (Å²) in [7, 11) is 0. The van der Waals surface area contributed by atoms with Gasteiger partial charge in [0.2, 0.25) is 0 Å². The van der Waals surface area contributed by atoms with Gasteiger partial charge in [-0.05, 0) is 25.7 Å². The Bertz CT molecular complexity index is 212. The number of fused-ring (bicyclic) bond motifs is 2. The van der Waals surface area contributed by atoms with E-state index >= 15 is 0 Å². The molecule has 2 saturated heterocycles. The summed E-state index contributed by atoms with van der Waals surface area (Å²) in [6.45, 7) is 3.61. The fourth-order valence-electron chi connectivity index (χ4n) is 2.63. The van der Waals surface area contributed by atoms with E-state index < -0.39 is 0 Å². The lowest BCUT2D eigenvalue weighted by Crippen LogP contribution is -2.40. The van der Waals surface area contributed by atoms with Gasteiger partial charge < -0.3 is 5.32 Å². The number of nitrogens with one attached hydrogen (secondary N) is 1. The van der Waals surface area contributed by atoms with Crippen LogP contribution < -0.4 is 5.32 Å². The molecule has 0 amide bonds. The van der Waals surface area contributed by atoms with Crippen molar-refractivity contribution < 1.29 is 4.79 Å². The molecule has 2 rings (SSSR count). The number of Topliss-reactive ketones (excluding diaryl/α,β-unsaturated/α-hetero) is 1. The lowest BCUT2D eigenvalue weighted by atomic mass is 9.87. The Labute approximate surface area is 79.4 Å². The standard InChI is InChI=1S/C11H17NO/c1-2-3-11(13)8-6-9-4-5-10(7-8)12-9/h2,8-10,12H,1,3-7H2. The average Bonchev–Trinajstić information content (AvgIpc) is 2.46. The van der Waals surface area contributed by atoms with Crippen molar-refractivity contribution in [2.75, 3.05) is 0 Å². The second-order valence-electron chi connectivity index (χ2n) is 4.27. The van der Waals surface area contributed by atoms with E-state index in [1.54, 1.807) is 6.08 Å². The Kier molecular flexibility index (Phi) is 2.49. The second-order valence-corrected chi connectivity index (χ2v) is 4.27. The first-order valence-electron chi connectivity index (χ1n) is 5.19. The highest BCUT2D eigenvalue weighted by Crippen LogP contribution is 2.31. The monoisotopic (exact) mass is 179 g/mol. The highest BCUT2D eigenvalue weighted by Gasteiger charge is 2.35. The zero-order chi connectivity index (χ0) is 9.26. The normalized spacial score (nSPS) is 37.4. The van der Waals surface area contributed by atoms with Crippen LogP contribution in [-0.4, -0.2) is 17.9 Å². The van der Waals surface area contributed by atoms with Gasteiger partial charge in [0.25, 0.3) is 0 Å². The van der Waals surface area contributed by atoms with E-state index in [2.05, 4.69) is 11.9 Å². The molecule has 0 aliphatic carbocycles. The summed E-state index contributed by atoms with van der Waals surface area (Å²) in [6, 6.07) is 1.25. The van der Waals surface area contributed by atoms with E-state index in [4.69, 9.17) is 0 Å². The third-order valence-electron chi connectivity index (χ3n) is 3.27. The van der Waals surface area contributed by atoms with E-state index in [-0.39, 0.29) is 0 Å². The molecular formula is C11H17NO. The molecule has 2 aliphatic rings. The zero-order valence-corrected chi connectivity index (χ0v) is 7.96. The number of rotatable bonds is 3. The van der Waals surface area contributed by atoms with E-state index in [0.717, 1.165) is 12.8 Å². The van der Waals surface area contributed by atoms with E-state index in [0.29, 0.717) is 30.2 Å². The number of ketones is 1. The summed E-state index contributed by atoms with van der Waals surface area (Å²) < 4.78 is 0. The highest BCUT2D eigenvalue weighted by molar-refractivity contribution is 5.82. The molecule has 2 nitrogen and oxygen atoms in total. The van der Waals surface area contributed by atoms with Gasteiger partial charge in [0, 0.05) is 24.4 Å². The Balaban J connectivity index is 1.94. The van der Waals surface area contributed by atoms with Crippen LogP contribution in [0.3, 0.4) is 0 Å². The molecule has 0 aromatic rings. The number of carbonyl (C=O) groups is 1. The van der Waals surface area contributed by atoms with Gasteiger partial charge in [-0.3, -0.25) is 4.79 Å². The molecule has 0 aromatic carbocycles. The summed E-state index contributed by atoms with van der Waals surface area (Å²) in [4.78, 5) is 11.6. The number of carbonyl (C=O) groups excluding carboxylic acids is 1. The maximum absolute atomic E-state index is 11.6. The van der Waals surface area contributed by atoms with Crippen LogP contribution in [0.4, 0.5) is 0 Å². The maximum atomic E-state index is 11.6. The largest absolute Gasteiger partial charge is 0.311 e. The maximum Gasteiger partial charge on any atom is 0.139 e. The smallest absolute Gasteiger partial charge is 0.139 e. The zero-order valence-electron chi connectivity index (χ0n) is 7.96. The summed E-state index contributed by atoms with van der Waals surface area (Å²) in [6.07, 6.45) is 6.94. The van der Waals surface area contributed by atoms with Gasteiger partial charge in [-0.15, -0.1) is 6.58 Å². The highest BCUT2D eigenvalue weighted by atomic mass is 16.1. The van der Waals surface area contributed by atoms with Crippen LogP contribution in [-0.2, 0) is 4.79 Å². The van der Waals surface area contributed by atoms with Crippen LogP contribution in [0.15, 0.2) is 12.7 Å². The molecule has 2 heteroatoms. The first-order chi connectivity index (χ1) is 6.29. The van der Waals surface area contributed by atoms with Crippen LogP contribution in [0.5, 0.6) is 0 Å². The van der Waals surface area contributed by atoms with Crippen molar-refractivity contribution in [2.45, 2.75) is 44.2 Å². The van der Waals surface area contributed by atoms with Crippen molar-refractivity contribution in [3.05, 3.63) is 12.7 Å². The lowest BCUT2D eigenvalue weighted by Gasteiger charge is -2.27. The quantitative estimate of drug-likeness (QED) is 0.668. The van der Waals surface area contributed by atoms with Gasteiger partial charge in [-0.2, -0.15) is 0 Å². The van der Waals surface area contributed by atoms with Crippen molar-refractivity contribution in [1.29, 1.82) is 0 Å². The summed E-state index contributed by atoms with van der Waals surface area (Å²) in [5.74, 6) is 0.713. The van der Waals surface area contributed by atoms with Gasteiger partial charge >= 0.3 is 0 Å². The van der Waals surface area contributed by atoms with E-state index in [9.17, 15) is 4.79 Å². The molecule has 2 fully saturated rings. The molecule has 0 aromatic heterocycles. The topological polar surface area (TPSA) is 29.1 Å². The molecule has 0 radical (unpaired) electrons. The minimum atomic E-state index is 0.316. The Hall–Kier alpha value is -0.630. The van der Waals surface area contributed by atoms with E-state index in [1.807, 2.05) is 0 Å². The van der Waals surface area contributed by atoms with Gasteiger partial charge in [0.05, 0.1) is 0 Å². The molecule has 2 bridgehead atoms. The van der Waals surface area contributed by atoms with Crippen molar-refractivity contribution in [3.63, 3.8) is 0 Å². The fraction of sp³-hybridized carbons (Fsp3) is 0.727. The van der Waals surface area contributed by atoms with E-state index in [1.165, 1.54) is 12.8 Å². The number of hydrogen-bond donors (Lipinski definition) is 1. The predicted octanol–water partition coefficient (Wildman–Crippen LogP) is 1.66. The SMILES string of the molecule is C=CCC(=O)C1CC2CCC(C1)N2. The molecule has 13 heavy (non-hydrogen) atoms. The van der Waals surface area contributed by atoms with Crippen LogP contribution in [0.1, 0.15) is 32.1 Å². The number of piperidine rings is 1. The van der Waals surface area contributed by atoms with Crippen LogP contribution >= 0.6 is 0 Å². The number of allylic oxidation sites excluding steroid dienone is 1. The Morgan fingerprint density at radius 2 is 2.00 bits per heavy atom. The second kappa shape index (κ2) is 3.62. The first kappa shape index (κ1) is 8.95. The van der Waals surface area contributed by atoms with Gasteiger partial charge in [-0.25, -0.2) is 0 Å². The summed E-state index contributed by atoms with van der Waals surface area (Å²) in [5, 5.41) is 3.54. The van der Waals surface area contributed by atoms with Crippen LogP contribution in [0, 0.1) is 5.92 Å². The molecule has 0 spiro atoms. The Morgan fingerprint density at radius 3 is 2.54 bits per heavy atom. The first-order valence-corrected chi connectivity index (χ1v) is 5.19. The molecule has 72 valence electrons. The molecule has 2 heterocycles. The molecule has 2 aliphatic heterocycles. The third kappa shape index (κ3) is 1.83. The number of hydrogen-bond acceptors (Lipinski definition) is 2. The molecule has 2 unspecified atom stereocenters. The molecular weight excluding hydrogens is 162 g/mol. The van der Waals surface area contributed by atoms with Crippen molar-refractivity contribution >= 4 is 5.78 Å². The van der Waals surface area contributed by atoms with Crippen molar-refractivity contribution in [1.82, 2.24) is 5.32 Å². The summed E-state index contributed by atoms with van der Waals surface area (Å²) >= 11 is 0. The van der Waals surface area contributed by atoms with Crippen molar-refractivity contribution in [2.24, 2.45) is 5.92 Å². The van der Waals surface area contributed by atoms with Gasteiger partial charge in [-0.1, -0.05) is 6.08 Å². The minimum absolute atomic E-state index is 0.316. The average molecular weight is 179 g/mol. The lowest BCUT2D eigenvalue weighted by molar-refractivity contribution is -0.123. The minimum Gasteiger partial charge on any atom is -0.311 e. The van der Waals surface area contributed by atoms with Gasteiger partial charge in [0.1, 0.15) is 5.78 Å². The van der Waals surface area contributed by atoms with Crippen LogP contribution in [0.2, 0.25) is 0 Å². The molecule has 0 saturated carbocycles. The van der Waals surface area contributed by atoms with Crippen molar-refractivity contribution in [3.8, 4) is 0 Å². The Morgan fingerprint density at radius 1 is 1.38 bits per heavy atom. The molecule has 1 N–H and O–H groups in total. The third-order valence-corrected chi connectivity index (χ3v) is 3.27. The van der Waals surface area contributed by atoms with Gasteiger partial charge in [0.15, 0.2) is 0 Å². The molecule has 2 atom stereocenters. The van der Waals surface area contributed by atoms with Crippen LogP contribution in [0.25, 0.3) is 0 Å². The fourth-order valence-corrected chi connectivity index (χ4v) is 2.63. The summed E-state index contributed by atoms with van der Waals surface area (Å²) in [5.41, 5.74) is 0.